The zero-order valence-electron chi connectivity index (χ0n) is 19.1. The SMILES string of the molecule is Cc1ccc(Oc2ncccc2C(=O)N2CCOC[C@@H](Cc3ccc4cnccc4c3)C2)cn1. The first-order valence-corrected chi connectivity index (χ1v) is 11.4. The van der Waals surface area contributed by atoms with Crippen molar-refractivity contribution in [3.8, 4) is 11.6 Å². The first-order chi connectivity index (χ1) is 16.7. The van der Waals surface area contributed by atoms with Gasteiger partial charge in [0.25, 0.3) is 5.91 Å². The Morgan fingerprint density at radius 3 is 2.91 bits per heavy atom. The van der Waals surface area contributed by atoms with E-state index in [9.17, 15) is 4.79 Å². The molecule has 0 saturated carbocycles. The van der Waals surface area contributed by atoms with Crippen LogP contribution in [0, 0.1) is 12.8 Å². The quantitative estimate of drug-likeness (QED) is 0.443. The zero-order valence-corrected chi connectivity index (χ0v) is 19.1. The van der Waals surface area contributed by atoms with Crippen LogP contribution in [0.15, 0.2) is 73.3 Å². The van der Waals surface area contributed by atoms with Crippen LogP contribution in [-0.2, 0) is 11.2 Å². The number of carbonyl (C=O) groups is 1. The molecule has 0 bridgehead atoms. The Morgan fingerprint density at radius 2 is 2.03 bits per heavy atom. The molecule has 1 fully saturated rings. The highest BCUT2D eigenvalue weighted by Crippen LogP contribution is 2.25. The Bertz CT molecular complexity index is 1290. The molecule has 172 valence electrons. The lowest BCUT2D eigenvalue weighted by atomic mass is 9.97. The summed E-state index contributed by atoms with van der Waals surface area (Å²) in [7, 11) is 0. The van der Waals surface area contributed by atoms with Crippen LogP contribution in [0.25, 0.3) is 10.8 Å². The van der Waals surface area contributed by atoms with Crippen molar-refractivity contribution in [2.24, 2.45) is 5.92 Å². The number of aromatic nitrogens is 3. The average molecular weight is 455 g/mol. The number of pyridine rings is 3. The van der Waals surface area contributed by atoms with E-state index in [1.165, 1.54) is 5.56 Å². The van der Waals surface area contributed by atoms with Gasteiger partial charge in [-0.25, -0.2) is 4.98 Å². The molecule has 0 N–H and O–H groups in total. The molecule has 5 rings (SSSR count). The lowest BCUT2D eigenvalue weighted by Gasteiger charge is -2.24. The molecule has 34 heavy (non-hydrogen) atoms. The van der Waals surface area contributed by atoms with Gasteiger partial charge in [-0.1, -0.05) is 18.2 Å². The number of hydrogen-bond acceptors (Lipinski definition) is 6. The van der Waals surface area contributed by atoms with E-state index < -0.39 is 0 Å². The van der Waals surface area contributed by atoms with Crippen molar-refractivity contribution < 1.29 is 14.3 Å². The predicted octanol–water partition coefficient (Wildman–Crippen LogP) is 4.46. The highest BCUT2D eigenvalue weighted by atomic mass is 16.5. The van der Waals surface area contributed by atoms with Crippen molar-refractivity contribution >= 4 is 16.7 Å². The number of nitrogens with zero attached hydrogens (tertiary/aromatic N) is 4. The summed E-state index contributed by atoms with van der Waals surface area (Å²) in [4.78, 5) is 28.1. The molecule has 4 aromatic rings. The maximum atomic E-state index is 13.5. The van der Waals surface area contributed by atoms with Crippen LogP contribution in [0.3, 0.4) is 0 Å². The molecule has 1 saturated heterocycles. The fourth-order valence-electron chi connectivity index (χ4n) is 4.21. The molecule has 1 atom stereocenters. The van der Waals surface area contributed by atoms with Crippen molar-refractivity contribution in [1.82, 2.24) is 19.9 Å². The molecule has 0 unspecified atom stereocenters. The van der Waals surface area contributed by atoms with Gasteiger partial charge in [0.05, 0.1) is 19.4 Å². The maximum absolute atomic E-state index is 13.5. The lowest BCUT2D eigenvalue weighted by molar-refractivity contribution is 0.0734. The topological polar surface area (TPSA) is 77.4 Å². The maximum Gasteiger partial charge on any atom is 0.259 e. The number of amides is 1. The number of rotatable bonds is 5. The van der Waals surface area contributed by atoms with Gasteiger partial charge in [-0.05, 0) is 54.6 Å². The monoisotopic (exact) mass is 454 g/mol. The molecule has 7 nitrogen and oxygen atoms in total. The summed E-state index contributed by atoms with van der Waals surface area (Å²) in [6, 6.07) is 15.6. The van der Waals surface area contributed by atoms with E-state index in [4.69, 9.17) is 9.47 Å². The largest absolute Gasteiger partial charge is 0.437 e. The minimum atomic E-state index is -0.108. The number of hydrogen-bond donors (Lipinski definition) is 0. The lowest BCUT2D eigenvalue weighted by Crippen LogP contribution is -2.36. The Balaban J connectivity index is 1.33. The molecule has 0 spiro atoms. The standard InChI is InChI=1S/C27H26N4O3/c1-19-4-7-24(16-30-19)34-26-25(3-2-9-29-26)27(32)31-11-12-33-18-21(17-31)13-20-5-6-23-15-28-10-8-22(23)14-20/h2-10,14-16,21H,11-13,17-18H2,1H3/t21-/m0/s1. The predicted molar refractivity (Wildman–Crippen MR) is 129 cm³/mol. The smallest absolute Gasteiger partial charge is 0.259 e. The second-order valence-electron chi connectivity index (χ2n) is 8.55. The Labute approximate surface area is 198 Å². The first kappa shape index (κ1) is 22.0. The molecular weight excluding hydrogens is 428 g/mol. The number of aryl methyl sites for hydroxylation is 1. The molecule has 7 heteroatoms. The summed E-state index contributed by atoms with van der Waals surface area (Å²) >= 11 is 0. The first-order valence-electron chi connectivity index (χ1n) is 11.4. The third-order valence-electron chi connectivity index (χ3n) is 5.95. The van der Waals surface area contributed by atoms with Crippen LogP contribution in [0.2, 0.25) is 0 Å². The Morgan fingerprint density at radius 1 is 1.09 bits per heavy atom. The summed E-state index contributed by atoms with van der Waals surface area (Å²) < 4.78 is 11.8. The third-order valence-corrected chi connectivity index (χ3v) is 5.95. The highest BCUT2D eigenvalue weighted by Gasteiger charge is 2.26. The summed E-state index contributed by atoms with van der Waals surface area (Å²) in [6.45, 7) is 4.16. The molecular formula is C27H26N4O3. The molecule has 0 aliphatic carbocycles. The molecule has 3 aromatic heterocycles. The van der Waals surface area contributed by atoms with Crippen molar-refractivity contribution in [3.63, 3.8) is 0 Å². The number of carbonyl (C=O) groups excluding carboxylic acids is 1. The third kappa shape index (κ3) is 5.05. The van der Waals surface area contributed by atoms with Gasteiger partial charge in [0.1, 0.15) is 11.3 Å². The van der Waals surface area contributed by atoms with Crippen LogP contribution in [0.5, 0.6) is 11.6 Å². The van der Waals surface area contributed by atoms with Crippen molar-refractivity contribution in [1.29, 1.82) is 0 Å². The average Bonchev–Trinajstić information content (AvgIpc) is 3.11. The van der Waals surface area contributed by atoms with Gasteiger partial charge in [-0.2, -0.15) is 0 Å². The van der Waals surface area contributed by atoms with Crippen LogP contribution in [-0.4, -0.2) is 52.1 Å². The van der Waals surface area contributed by atoms with Gasteiger partial charge in [-0.3, -0.25) is 14.8 Å². The minimum Gasteiger partial charge on any atom is -0.437 e. The van der Waals surface area contributed by atoms with Crippen molar-refractivity contribution in [2.45, 2.75) is 13.3 Å². The molecule has 0 radical (unpaired) electrons. The second kappa shape index (κ2) is 9.97. The summed E-state index contributed by atoms with van der Waals surface area (Å²) in [6.07, 6.45) is 7.76. The van der Waals surface area contributed by atoms with E-state index in [2.05, 4.69) is 33.2 Å². The van der Waals surface area contributed by atoms with Gasteiger partial charge in [0, 0.05) is 48.7 Å². The van der Waals surface area contributed by atoms with E-state index in [1.54, 1.807) is 24.5 Å². The van der Waals surface area contributed by atoms with E-state index in [-0.39, 0.29) is 17.7 Å². The van der Waals surface area contributed by atoms with E-state index in [0.29, 0.717) is 37.6 Å². The summed E-state index contributed by atoms with van der Waals surface area (Å²) in [5.41, 5.74) is 2.55. The van der Waals surface area contributed by atoms with Crippen LogP contribution >= 0.6 is 0 Å². The fourth-order valence-corrected chi connectivity index (χ4v) is 4.21. The van der Waals surface area contributed by atoms with Crippen LogP contribution < -0.4 is 4.74 Å². The van der Waals surface area contributed by atoms with Crippen LogP contribution in [0.4, 0.5) is 0 Å². The number of benzene rings is 1. The second-order valence-corrected chi connectivity index (χ2v) is 8.55. The van der Waals surface area contributed by atoms with Crippen LogP contribution in [0.1, 0.15) is 21.6 Å². The van der Waals surface area contributed by atoms with Gasteiger partial charge in [0.2, 0.25) is 5.88 Å². The summed E-state index contributed by atoms with van der Waals surface area (Å²) in [5.74, 6) is 0.904. The Hall–Kier alpha value is -3.84. The van der Waals surface area contributed by atoms with E-state index in [1.807, 2.05) is 42.4 Å². The van der Waals surface area contributed by atoms with E-state index >= 15 is 0 Å². The number of fused-ring (bicyclic) bond motifs is 1. The van der Waals surface area contributed by atoms with Gasteiger partial charge in [-0.15, -0.1) is 0 Å². The minimum absolute atomic E-state index is 0.108. The molecule has 1 aliphatic rings. The van der Waals surface area contributed by atoms with Gasteiger partial charge < -0.3 is 14.4 Å². The van der Waals surface area contributed by atoms with Crippen molar-refractivity contribution in [3.05, 3.63) is 90.1 Å². The number of ether oxygens (including phenoxy) is 2. The Kier molecular flexibility index (Phi) is 6.44. The molecule has 4 heterocycles. The normalized spacial score (nSPS) is 16.3. The van der Waals surface area contributed by atoms with Gasteiger partial charge in [0.15, 0.2) is 0 Å². The molecule has 1 aliphatic heterocycles. The zero-order chi connectivity index (χ0) is 23.3. The molecule has 1 aromatic carbocycles. The fraction of sp³-hybridized carbons (Fsp3) is 0.259. The van der Waals surface area contributed by atoms with Gasteiger partial charge >= 0.3 is 0 Å². The summed E-state index contributed by atoms with van der Waals surface area (Å²) in [5, 5.41) is 2.28. The molecule has 1 amide bonds. The van der Waals surface area contributed by atoms with E-state index in [0.717, 1.165) is 22.9 Å². The highest BCUT2D eigenvalue weighted by molar-refractivity contribution is 5.96. The van der Waals surface area contributed by atoms with Crippen molar-refractivity contribution in [2.75, 3.05) is 26.3 Å².